The lowest BCUT2D eigenvalue weighted by molar-refractivity contribution is 0.675. The minimum atomic E-state index is 0.916. The molecule has 0 unspecified atom stereocenters. The van der Waals surface area contributed by atoms with Crippen LogP contribution < -0.4 is 0 Å². The Morgan fingerprint density at radius 1 is 0.333 bits per heavy atom. The summed E-state index contributed by atoms with van der Waals surface area (Å²) in [5, 5.41) is 7.00. The van der Waals surface area contributed by atoms with Crippen molar-refractivity contribution in [3.05, 3.63) is 158 Å². The van der Waals surface area contributed by atoms with Crippen LogP contribution in [0.4, 0.5) is 0 Å². The van der Waals surface area contributed by atoms with Crippen molar-refractivity contribution in [1.82, 2.24) is 9.13 Å². The monoisotopic (exact) mass is 574 g/mol. The molecule has 0 aliphatic heterocycles. The van der Waals surface area contributed by atoms with Crippen LogP contribution in [0, 0.1) is 0 Å². The van der Waals surface area contributed by atoms with Crippen LogP contribution in [0.25, 0.3) is 88.1 Å². The topological polar surface area (TPSA) is 23.0 Å². The van der Waals surface area contributed by atoms with E-state index in [9.17, 15) is 0 Å². The van der Waals surface area contributed by atoms with Crippen molar-refractivity contribution in [3.63, 3.8) is 0 Å². The highest BCUT2D eigenvalue weighted by Gasteiger charge is 2.22. The molecule has 0 N–H and O–H groups in total. The number of nitrogens with zero attached hydrogens (tertiary/aromatic N) is 2. The van der Waals surface area contributed by atoms with Gasteiger partial charge in [0, 0.05) is 38.3 Å². The Labute approximate surface area is 258 Å². The fourth-order valence-corrected chi connectivity index (χ4v) is 7.35. The minimum Gasteiger partial charge on any atom is -0.453 e. The second-order valence-electron chi connectivity index (χ2n) is 11.7. The summed E-state index contributed by atoms with van der Waals surface area (Å²) in [6.45, 7) is 0. The average molecular weight is 575 g/mol. The van der Waals surface area contributed by atoms with Gasteiger partial charge in [-0.25, -0.2) is 0 Å². The average Bonchev–Trinajstić information content (AvgIpc) is 3.77. The molecule has 0 radical (unpaired) electrons. The molecule has 3 aromatic heterocycles. The third-order valence-corrected chi connectivity index (χ3v) is 9.32. The van der Waals surface area contributed by atoms with Crippen LogP contribution in [-0.2, 0) is 0 Å². The van der Waals surface area contributed by atoms with Gasteiger partial charge in [-0.2, -0.15) is 0 Å². The van der Waals surface area contributed by atoms with E-state index in [2.05, 4.69) is 167 Å². The van der Waals surface area contributed by atoms with E-state index in [1.54, 1.807) is 0 Å². The van der Waals surface area contributed by atoms with E-state index in [4.69, 9.17) is 4.42 Å². The van der Waals surface area contributed by atoms with E-state index >= 15 is 0 Å². The maximum Gasteiger partial charge on any atom is 0.160 e. The molecule has 0 fully saturated rings. The van der Waals surface area contributed by atoms with Crippen LogP contribution in [0.15, 0.2) is 162 Å². The van der Waals surface area contributed by atoms with Crippen molar-refractivity contribution in [2.75, 3.05) is 0 Å². The quantitative estimate of drug-likeness (QED) is 0.206. The van der Waals surface area contributed by atoms with Crippen LogP contribution in [0.5, 0.6) is 0 Å². The third kappa shape index (κ3) is 3.41. The normalized spacial score (nSPS) is 12.0. The summed E-state index contributed by atoms with van der Waals surface area (Å²) in [7, 11) is 0. The maximum atomic E-state index is 7.07. The highest BCUT2D eigenvalue weighted by molar-refractivity contribution is 6.27. The van der Waals surface area contributed by atoms with Crippen molar-refractivity contribution < 1.29 is 4.42 Å². The van der Waals surface area contributed by atoms with Crippen molar-refractivity contribution in [2.24, 2.45) is 0 Å². The maximum absolute atomic E-state index is 7.07. The zero-order valence-electron chi connectivity index (χ0n) is 24.3. The number of furan rings is 1. The van der Waals surface area contributed by atoms with Gasteiger partial charge < -0.3 is 13.6 Å². The standard InChI is InChI=1S/C42H26N2O/c1-3-11-27(12-4-1)28-19-21-30(22-20-28)43-37-18-10-8-16-35(37)39-38(43)26-25-33-34-24-23-32-31-15-7-9-17-36(31)44(29-13-5-2-6-14-29)40(32)42(34)45-41(33)39/h1-26H. The Bertz CT molecular complexity index is 2730. The Hall–Kier alpha value is -6.06. The Morgan fingerprint density at radius 2 is 0.889 bits per heavy atom. The van der Waals surface area contributed by atoms with E-state index in [1.165, 1.54) is 32.8 Å². The molecular formula is C42H26N2O. The summed E-state index contributed by atoms with van der Waals surface area (Å²) in [6.07, 6.45) is 0. The molecule has 0 saturated carbocycles. The summed E-state index contributed by atoms with van der Waals surface area (Å²) >= 11 is 0. The molecular weight excluding hydrogens is 548 g/mol. The first kappa shape index (κ1) is 24.4. The minimum absolute atomic E-state index is 0.916. The number of fused-ring (bicyclic) bond motifs is 11. The molecule has 0 aliphatic carbocycles. The Kier molecular flexibility index (Phi) is 5.00. The SMILES string of the molecule is c1ccc(-c2ccc(-n3c4ccccc4c4c5oc6c(ccc7c8ccccc8n(-c8ccccc8)c76)c5ccc43)cc2)cc1. The van der Waals surface area contributed by atoms with Gasteiger partial charge in [0.2, 0.25) is 0 Å². The Morgan fingerprint density at radius 3 is 1.67 bits per heavy atom. The van der Waals surface area contributed by atoms with Crippen molar-refractivity contribution in [1.29, 1.82) is 0 Å². The highest BCUT2D eigenvalue weighted by atomic mass is 16.3. The van der Waals surface area contributed by atoms with Gasteiger partial charge in [0.25, 0.3) is 0 Å². The third-order valence-electron chi connectivity index (χ3n) is 9.32. The number of hydrogen-bond acceptors (Lipinski definition) is 1. The second-order valence-corrected chi connectivity index (χ2v) is 11.7. The summed E-state index contributed by atoms with van der Waals surface area (Å²) in [5.74, 6) is 0. The number of benzene rings is 7. The molecule has 10 aromatic rings. The molecule has 0 amide bonds. The molecule has 0 saturated heterocycles. The molecule has 0 aliphatic rings. The first-order valence-corrected chi connectivity index (χ1v) is 15.4. The number of para-hydroxylation sites is 3. The summed E-state index contributed by atoms with van der Waals surface area (Å²) in [4.78, 5) is 0. The molecule has 45 heavy (non-hydrogen) atoms. The summed E-state index contributed by atoms with van der Waals surface area (Å²) in [5.41, 5.74) is 11.1. The lowest BCUT2D eigenvalue weighted by Gasteiger charge is -2.09. The summed E-state index contributed by atoms with van der Waals surface area (Å²) < 4.78 is 11.8. The fourth-order valence-electron chi connectivity index (χ4n) is 7.35. The predicted molar refractivity (Wildman–Crippen MR) is 188 cm³/mol. The van der Waals surface area contributed by atoms with E-state index in [0.717, 1.165) is 55.2 Å². The highest BCUT2D eigenvalue weighted by Crippen LogP contribution is 2.44. The van der Waals surface area contributed by atoms with E-state index in [0.29, 0.717) is 0 Å². The van der Waals surface area contributed by atoms with Crippen LogP contribution in [0.3, 0.4) is 0 Å². The van der Waals surface area contributed by atoms with E-state index in [1.807, 2.05) is 0 Å². The number of rotatable bonds is 3. The molecule has 210 valence electrons. The number of hydrogen-bond donors (Lipinski definition) is 0. The molecule has 0 bridgehead atoms. The van der Waals surface area contributed by atoms with Crippen LogP contribution in [0.2, 0.25) is 0 Å². The van der Waals surface area contributed by atoms with Gasteiger partial charge in [-0.1, -0.05) is 103 Å². The zero-order chi connectivity index (χ0) is 29.5. The molecule has 7 aromatic carbocycles. The molecule has 0 atom stereocenters. The molecule has 0 spiro atoms. The first-order chi connectivity index (χ1) is 22.3. The van der Waals surface area contributed by atoms with Crippen LogP contribution in [0.1, 0.15) is 0 Å². The predicted octanol–water partition coefficient (Wildman–Crippen LogP) is 11.4. The van der Waals surface area contributed by atoms with Crippen molar-refractivity contribution in [2.45, 2.75) is 0 Å². The smallest absolute Gasteiger partial charge is 0.160 e. The fraction of sp³-hybridized carbons (Fsp3) is 0. The lowest BCUT2D eigenvalue weighted by Crippen LogP contribution is -1.93. The van der Waals surface area contributed by atoms with Crippen molar-refractivity contribution in [3.8, 4) is 22.5 Å². The summed E-state index contributed by atoms with van der Waals surface area (Å²) in [6, 6.07) is 56.3. The van der Waals surface area contributed by atoms with E-state index < -0.39 is 0 Å². The van der Waals surface area contributed by atoms with Gasteiger partial charge in [-0.15, -0.1) is 0 Å². The van der Waals surface area contributed by atoms with Gasteiger partial charge in [-0.3, -0.25) is 0 Å². The molecule has 3 heterocycles. The largest absolute Gasteiger partial charge is 0.453 e. The number of aromatic nitrogens is 2. The van der Waals surface area contributed by atoms with Crippen LogP contribution >= 0.6 is 0 Å². The molecule has 10 rings (SSSR count). The molecule has 3 heteroatoms. The Balaban J connectivity index is 1.29. The van der Waals surface area contributed by atoms with Crippen LogP contribution in [-0.4, -0.2) is 9.13 Å². The lowest BCUT2D eigenvalue weighted by atomic mass is 10.1. The van der Waals surface area contributed by atoms with Gasteiger partial charge in [-0.05, 0) is 65.7 Å². The van der Waals surface area contributed by atoms with Gasteiger partial charge >= 0.3 is 0 Å². The van der Waals surface area contributed by atoms with Gasteiger partial charge in [0.15, 0.2) is 5.58 Å². The molecule has 3 nitrogen and oxygen atoms in total. The zero-order valence-corrected chi connectivity index (χ0v) is 24.3. The van der Waals surface area contributed by atoms with Gasteiger partial charge in [0.05, 0.1) is 27.5 Å². The van der Waals surface area contributed by atoms with Crippen molar-refractivity contribution >= 4 is 65.6 Å². The van der Waals surface area contributed by atoms with E-state index in [-0.39, 0.29) is 0 Å². The van der Waals surface area contributed by atoms with Gasteiger partial charge in [0.1, 0.15) is 5.58 Å². The first-order valence-electron chi connectivity index (χ1n) is 15.4. The second kappa shape index (κ2) is 9.22.